The van der Waals surface area contributed by atoms with Crippen LogP contribution in [0.3, 0.4) is 0 Å². The van der Waals surface area contributed by atoms with E-state index < -0.39 is 5.97 Å². The summed E-state index contributed by atoms with van der Waals surface area (Å²) in [5.41, 5.74) is 2.01. The van der Waals surface area contributed by atoms with E-state index >= 15 is 0 Å². The molecule has 0 aromatic carbocycles. The number of furan rings is 1. The highest BCUT2D eigenvalue weighted by Crippen LogP contribution is 2.24. The van der Waals surface area contributed by atoms with Crippen LogP contribution in [0.25, 0.3) is 0 Å². The number of nitrogens with zero attached hydrogens (tertiary/aromatic N) is 3. The summed E-state index contributed by atoms with van der Waals surface area (Å²) in [6.07, 6.45) is 2.11. The highest BCUT2D eigenvalue weighted by molar-refractivity contribution is 5.92. The van der Waals surface area contributed by atoms with E-state index in [1.807, 2.05) is 0 Å². The van der Waals surface area contributed by atoms with Crippen molar-refractivity contribution in [2.75, 3.05) is 13.2 Å². The Kier molecular flexibility index (Phi) is 3.70. The minimum atomic E-state index is -0.452. The van der Waals surface area contributed by atoms with E-state index in [0.29, 0.717) is 31.9 Å². The topological polar surface area (TPSA) is 77.6 Å². The van der Waals surface area contributed by atoms with E-state index in [-0.39, 0.29) is 11.6 Å². The average Bonchev–Trinajstić information content (AvgIpc) is 3.15. The first-order chi connectivity index (χ1) is 10.6. The highest BCUT2D eigenvalue weighted by atomic mass is 16.5. The van der Waals surface area contributed by atoms with Crippen molar-refractivity contribution in [1.29, 1.82) is 0 Å². The molecule has 0 aliphatic carbocycles. The summed E-state index contributed by atoms with van der Waals surface area (Å²) in [6.45, 7) is 2.93. The van der Waals surface area contributed by atoms with Gasteiger partial charge in [0.2, 0.25) is 0 Å². The lowest BCUT2D eigenvalue weighted by molar-refractivity contribution is 0.0512. The van der Waals surface area contributed by atoms with Gasteiger partial charge in [-0.25, -0.2) is 4.79 Å². The summed E-state index contributed by atoms with van der Waals surface area (Å²) in [5, 5.41) is 4.25. The first-order valence-electron chi connectivity index (χ1n) is 7.16. The van der Waals surface area contributed by atoms with Crippen molar-refractivity contribution in [3.05, 3.63) is 41.1 Å². The first-order valence-corrected chi connectivity index (χ1v) is 7.16. The molecule has 2 aromatic heterocycles. The standard InChI is InChI=1S/C15H17N3O4/c1-3-21-15(20)13-10-9-18(7-6-11(10)17(2)16-13)14(19)12-5-4-8-22-12/h4-5,8H,3,6-7,9H2,1-2H3. The number of fused-ring (bicyclic) bond motifs is 1. The number of rotatable bonds is 3. The van der Waals surface area contributed by atoms with Crippen LogP contribution in [-0.2, 0) is 24.8 Å². The van der Waals surface area contributed by atoms with Gasteiger partial charge in [-0.3, -0.25) is 9.48 Å². The summed E-state index contributed by atoms with van der Waals surface area (Å²) in [4.78, 5) is 26.0. The Morgan fingerprint density at radius 1 is 1.45 bits per heavy atom. The van der Waals surface area contributed by atoms with Crippen LogP contribution in [0, 0.1) is 0 Å². The van der Waals surface area contributed by atoms with E-state index in [9.17, 15) is 9.59 Å². The molecule has 1 aliphatic heterocycles. The zero-order valence-electron chi connectivity index (χ0n) is 12.5. The Bertz CT molecular complexity index is 703. The summed E-state index contributed by atoms with van der Waals surface area (Å²) in [7, 11) is 1.80. The third kappa shape index (κ3) is 2.38. The number of aromatic nitrogens is 2. The van der Waals surface area contributed by atoms with Crippen LogP contribution in [0.2, 0.25) is 0 Å². The van der Waals surface area contributed by atoms with E-state index in [0.717, 1.165) is 11.3 Å². The molecule has 3 rings (SSSR count). The molecule has 0 radical (unpaired) electrons. The fourth-order valence-electron chi connectivity index (χ4n) is 2.69. The van der Waals surface area contributed by atoms with Crippen molar-refractivity contribution in [3.8, 4) is 0 Å². The van der Waals surface area contributed by atoms with Crippen LogP contribution in [0.5, 0.6) is 0 Å². The maximum absolute atomic E-state index is 12.4. The zero-order valence-corrected chi connectivity index (χ0v) is 12.5. The molecule has 7 heteroatoms. The van der Waals surface area contributed by atoms with Crippen LogP contribution in [0.4, 0.5) is 0 Å². The number of carbonyl (C=O) groups is 2. The van der Waals surface area contributed by atoms with Gasteiger partial charge in [-0.05, 0) is 19.1 Å². The molecule has 2 aromatic rings. The van der Waals surface area contributed by atoms with Crippen LogP contribution >= 0.6 is 0 Å². The molecular formula is C15H17N3O4. The predicted molar refractivity (Wildman–Crippen MR) is 76.3 cm³/mol. The van der Waals surface area contributed by atoms with Gasteiger partial charge >= 0.3 is 5.97 Å². The van der Waals surface area contributed by atoms with Crippen molar-refractivity contribution >= 4 is 11.9 Å². The number of ether oxygens (including phenoxy) is 1. The summed E-state index contributed by atoms with van der Waals surface area (Å²) in [6, 6.07) is 3.31. The zero-order chi connectivity index (χ0) is 15.7. The smallest absolute Gasteiger partial charge is 0.359 e. The molecule has 0 unspecified atom stereocenters. The molecule has 0 bridgehead atoms. The minimum absolute atomic E-state index is 0.186. The van der Waals surface area contributed by atoms with Crippen molar-refractivity contribution in [1.82, 2.24) is 14.7 Å². The fourth-order valence-corrected chi connectivity index (χ4v) is 2.69. The van der Waals surface area contributed by atoms with Gasteiger partial charge in [-0.1, -0.05) is 0 Å². The molecule has 116 valence electrons. The lowest BCUT2D eigenvalue weighted by atomic mass is 10.0. The summed E-state index contributed by atoms with van der Waals surface area (Å²) >= 11 is 0. The lowest BCUT2D eigenvalue weighted by Gasteiger charge is -2.26. The number of hydrogen-bond donors (Lipinski definition) is 0. The molecular weight excluding hydrogens is 286 g/mol. The quantitative estimate of drug-likeness (QED) is 0.801. The summed E-state index contributed by atoms with van der Waals surface area (Å²) < 4.78 is 11.9. The molecule has 0 saturated carbocycles. The van der Waals surface area contributed by atoms with Crippen LogP contribution in [0.1, 0.15) is 39.2 Å². The normalized spacial score (nSPS) is 13.8. The van der Waals surface area contributed by atoms with Gasteiger partial charge in [0, 0.05) is 31.3 Å². The minimum Gasteiger partial charge on any atom is -0.461 e. The van der Waals surface area contributed by atoms with Crippen LogP contribution < -0.4 is 0 Å². The van der Waals surface area contributed by atoms with Crippen molar-refractivity contribution in [2.45, 2.75) is 19.9 Å². The van der Waals surface area contributed by atoms with Crippen molar-refractivity contribution < 1.29 is 18.7 Å². The molecule has 7 nitrogen and oxygen atoms in total. The molecule has 22 heavy (non-hydrogen) atoms. The molecule has 1 aliphatic rings. The molecule has 1 amide bonds. The summed E-state index contributed by atoms with van der Waals surface area (Å²) in [5.74, 6) is -0.342. The van der Waals surface area contributed by atoms with Gasteiger partial charge in [0.15, 0.2) is 11.5 Å². The number of hydrogen-bond acceptors (Lipinski definition) is 5. The predicted octanol–water partition coefficient (Wildman–Crippen LogP) is 1.39. The first kappa shape index (κ1) is 14.4. The fraction of sp³-hybridized carbons (Fsp3) is 0.400. The molecule has 0 spiro atoms. The number of esters is 1. The molecule has 0 saturated heterocycles. The monoisotopic (exact) mass is 303 g/mol. The van der Waals surface area contributed by atoms with E-state index in [4.69, 9.17) is 9.15 Å². The second-order valence-electron chi connectivity index (χ2n) is 5.07. The second-order valence-corrected chi connectivity index (χ2v) is 5.07. The van der Waals surface area contributed by atoms with Crippen LogP contribution in [0.15, 0.2) is 22.8 Å². The van der Waals surface area contributed by atoms with Gasteiger partial charge in [0.1, 0.15) is 0 Å². The SMILES string of the molecule is CCOC(=O)c1nn(C)c2c1CN(C(=O)c1ccco1)CC2. The van der Waals surface area contributed by atoms with Gasteiger partial charge < -0.3 is 14.1 Å². The van der Waals surface area contributed by atoms with E-state index in [1.54, 1.807) is 35.7 Å². The Morgan fingerprint density at radius 2 is 2.27 bits per heavy atom. The average molecular weight is 303 g/mol. The van der Waals surface area contributed by atoms with Crippen molar-refractivity contribution in [3.63, 3.8) is 0 Å². The van der Waals surface area contributed by atoms with Gasteiger partial charge in [-0.15, -0.1) is 0 Å². The number of carbonyl (C=O) groups excluding carboxylic acids is 2. The Morgan fingerprint density at radius 3 is 2.95 bits per heavy atom. The highest BCUT2D eigenvalue weighted by Gasteiger charge is 2.30. The Hall–Kier alpha value is -2.57. The molecule has 3 heterocycles. The lowest BCUT2D eigenvalue weighted by Crippen LogP contribution is -2.36. The maximum atomic E-state index is 12.4. The largest absolute Gasteiger partial charge is 0.461 e. The van der Waals surface area contributed by atoms with Gasteiger partial charge in [0.05, 0.1) is 19.4 Å². The molecule has 0 N–H and O–H groups in total. The van der Waals surface area contributed by atoms with E-state index in [2.05, 4.69) is 5.10 Å². The molecule has 0 atom stereocenters. The Labute approximate surface area is 127 Å². The molecule has 0 fully saturated rings. The van der Waals surface area contributed by atoms with E-state index in [1.165, 1.54) is 6.26 Å². The maximum Gasteiger partial charge on any atom is 0.359 e. The van der Waals surface area contributed by atoms with Gasteiger partial charge in [-0.2, -0.15) is 5.10 Å². The third-order valence-corrected chi connectivity index (χ3v) is 3.73. The van der Waals surface area contributed by atoms with Gasteiger partial charge in [0.25, 0.3) is 5.91 Å². The second kappa shape index (κ2) is 5.67. The number of aryl methyl sites for hydroxylation is 1. The third-order valence-electron chi connectivity index (χ3n) is 3.73. The van der Waals surface area contributed by atoms with Crippen LogP contribution in [-0.4, -0.2) is 39.7 Å². The van der Waals surface area contributed by atoms with Crippen molar-refractivity contribution in [2.24, 2.45) is 7.05 Å². The number of amides is 1. The Balaban J connectivity index is 1.88.